The number of carboxylic acid groups (broad SMARTS) is 1. The normalized spacial score (nSPS) is 48.8. The minimum Gasteiger partial charge on any atom is -0.481 e. The molecule has 3 N–H and O–H groups in total. The first kappa shape index (κ1) is 25.9. The Morgan fingerprint density at radius 3 is 2.38 bits per heavy atom. The van der Waals surface area contributed by atoms with Gasteiger partial charge in [-0.05, 0) is 116 Å². The number of hydrogen-bond donors (Lipinski definition) is 3. The average Bonchev–Trinajstić information content (AvgIpc) is 3.13. The molecule has 0 bridgehead atoms. The van der Waals surface area contributed by atoms with Crippen LogP contribution in [0.15, 0.2) is 25.3 Å². The lowest BCUT2D eigenvalue weighted by Crippen LogP contribution is -2.63. The standard InChI is InChI=1S/C30H48O4/c1-6-8-20-24-18-30(34,14-7-2)17-16-29(24,5)23-13-15-28(4)21(19(3)9-12-25(31)32)10-11-22(28)26(23)27(20)33/h6-7,19-24,26-27,33-34H,1-2,8-18H2,3-5H3,(H,31,32)/t19-,20-,21-,22+,23+,24+,26+,27-,28-,29-,30-/m1/s1. The highest BCUT2D eigenvalue weighted by atomic mass is 16.4. The van der Waals surface area contributed by atoms with E-state index < -0.39 is 11.6 Å². The quantitative estimate of drug-likeness (QED) is 0.366. The third-order valence-electron chi connectivity index (χ3n) is 11.6. The number of fused-ring (bicyclic) bond motifs is 5. The molecule has 0 aromatic heterocycles. The van der Waals surface area contributed by atoms with Crippen LogP contribution in [-0.4, -0.2) is 33.0 Å². The van der Waals surface area contributed by atoms with Crippen LogP contribution in [0, 0.1) is 52.3 Å². The summed E-state index contributed by atoms with van der Waals surface area (Å²) in [5, 5.41) is 32.5. The molecule has 0 radical (unpaired) electrons. The summed E-state index contributed by atoms with van der Waals surface area (Å²) in [5.41, 5.74) is -0.376. The van der Waals surface area contributed by atoms with Crippen molar-refractivity contribution in [1.29, 1.82) is 0 Å². The maximum Gasteiger partial charge on any atom is 0.303 e. The highest BCUT2D eigenvalue weighted by molar-refractivity contribution is 5.66. The summed E-state index contributed by atoms with van der Waals surface area (Å²) in [6, 6.07) is 0. The van der Waals surface area contributed by atoms with Crippen molar-refractivity contribution in [1.82, 2.24) is 0 Å². The topological polar surface area (TPSA) is 77.8 Å². The van der Waals surface area contributed by atoms with Gasteiger partial charge in [-0.2, -0.15) is 0 Å². The van der Waals surface area contributed by atoms with E-state index in [4.69, 9.17) is 0 Å². The molecule has 4 aliphatic rings. The number of allylic oxidation sites excluding steroid dienone is 1. The molecule has 4 fully saturated rings. The fourth-order valence-electron chi connectivity index (χ4n) is 9.97. The first-order valence-corrected chi connectivity index (χ1v) is 13.8. The molecule has 192 valence electrons. The highest BCUT2D eigenvalue weighted by Crippen LogP contribution is 2.70. The second-order valence-corrected chi connectivity index (χ2v) is 13.1. The number of aliphatic carboxylic acids is 1. The molecule has 0 aromatic rings. The van der Waals surface area contributed by atoms with Gasteiger partial charge in [-0.1, -0.05) is 32.9 Å². The third kappa shape index (κ3) is 4.11. The maximum atomic E-state index is 12.0. The van der Waals surface area contributed by atoms with Gasteiger partial charge in [-0.25, -0.2) is 0 Å². The van der Waals surface area contributed by atoms with E-state index in [-0.39, 0.29) is 29.3 Å². The molecule has 0 spiro atoms. The molecule has 4 rings (SSSR count). The van der Waals surface area contributed by atoms with Crippen LogP contribution in [0.4, 0.5) is 0 Å². The Hall–Kier alpha value is -1.13. The molecule has 0 aromatic carbocycles. The van der Waals surface area contributed by atoms with Gasteiger partial charge in [0.15, 0.2) is 0 Å². The Morgan fingerprint density at radius 1 is 1.03 bits per heavy atom. The van der Waals surface area contributed by atoms with Crippen molar-refractivity contribution in [2.24, 2.45) is 52.3 Å². The number of rotatable bonds is 8. The second-order valence-electron chi connectivity index (χ2n) is 13.1. The number of aliphatic hydroxyl groups excluding tert-OH is 1. The number of aliphatic hydroxyl groups is 2. The summed E-state index contributed by atoms with van der Waals surface area (Å²) >= 11 is 0. The molecule has 4 aliphatic carbocycles. The fraction of sp³-hybridized carbons (Fsp3) is 0.833. The van der Waals surface area contributed by atoms with E-state index in [1.54, 1.807) is 0 Å². The van der Waals surface area contributed by atoms with E-state index in [1.807, 2.05) is 12.2 Å². The van der Waals surface area contributed by atoms with Crippen LogP contribution in [0.2, 0.25) is 0 Å². The first-order valence-electron chi connectivity index (χ1n) is 13.8. The SMILES string of the molecule is C=CC[C@H]1[C@@H](O)[C@@H]2[C@H](CC[C@]3(C)[C@@H]([C@H](C)CCC(=O)O)CC[C@@H]23)[C@@]2(C)CC[C@](O)(CC=C)C[C@@H]12. The van der Waals surface area contributed by atoms with Crippen LogP contribution >= 0.6 is 0 Å². The van der Waals surface area contributed by atoms with E-state index in [2.05, 4.69) is 33.9 Å². The lowest BCUT2D eigenvalue weighted by molar-refractivity contribution is -0.214. The lowest BCUT2D eigenvalue weighted by Gasteiger charge is -2.65. The lowest BCUT2D eigenvalue weighted by atomic mass is 9.40. The van der Waals surface area contributed by atoms with Crippen LogP contribution in [0.25, 0.3) is 0 Å². The van der Waals surface area contributed by atoms with E-state index in [0.717, 1.165) is 51.4 Å². The molecule has 11 atom stereocenters. The van der Waals surface area contributed by atoms with E-state index in [9.17, 15) is 20.1 Å². The summed E-state index contributed by atoms with van der Waals surface area (Å²) in [5.74, 6) is 1.98. The van der Waals surface area contributed by atoms with Crippen LogP contribution in [0.3, 0.4) is 0 Å². The summed E-state index contributed by atoms with van der Waals surface area (Å²) in [6.07, 6.45) is 13.1. The second kappa shape index (κ2) is 9.39. The highest BCUT2D eigenvalue weighted by Gasteiger charge is 2.65. The smallest absolute Gasteiger partial charge is 0.303 e. The van der Waals surface area contributed by atoms with Gasteiger partial charge in [0.05, 0.1) is 11.7 Å². The van der Waals surface area contributed by atoms with Crippen molar-refractivity contribution in [3.63, 3.8) is 0 Å². The van der Waals surface area contributed by atoms with Gasteiger partial charge in [0.25, 0.3) is 0 Å². The number of carbonyl (C=O) groups is 1. The minimum atomic E-state index is -0.696. The van der Waals surface area contributed by atoms with Crippen molar-refractivity contribution in [2.45, 2.75) is 103 Å². The Kier molecular flexibility index (Phi) is 7.17. The molecule has 4 saturated carbocycles. The van der Waals surface area contributed by atoms with Crippen LogP contribution in [0.1, 0.15) is 91.4 Å². The maximum absolute atomic E-state index is 12.0. The number of carboxylic acids is 1. The van der Waals surface area contributed by atoms with E-state index in [0.29, 0.717) is 41.9 Å². The first-order chi connectivity index (χ1) is 16.0. The Labute approximate surface area is 206 Å². The zero-order valence-electron chi connectivity index (χ0n) is 21.7. The molecular weight excluding hydrogens is 424 g/mol. The van der Waals surface area contributed by atoms with E-state index >= 15 is 0 Å². The zero-order valence-corrected chi connectivity index (χ0v) is 21.7. The fourth-order valence-corrected chi connectivity index (χ4v) is 9.97. The van der Waals surface area contributed by atoms with Crippen molar-refractivity contribution >= 4 is 5.97 Å². The summed E-state index contributed by atoms with van der Waals surface area (Å²) in [4.78, 5) is 11.2. The van der Waals surface area contributed by atoms with Crippen LogP contribution in [0.5, 0.6) is 0 Å². The van der Waals surface area contributed by atoms with Gasteiger partial charge in [0.2, 0.25) is 0 Å². The van der Waals surface area contributed by atoms with Gasteiger partial charge >= 0.3 is 5.97 Å². The molecule has 0 saturated heterocycles. The van der Waals surface area contributed by atoms with Gasteiger partial charge in [-0.15, -0.1) is 13.2 Å². The van der Waals surface area contributed by atoms with Gasteiger partial charge in [0, 0.05) is 6.42 Å². The molecule has 0 amide bonds. The molecule has 4 heteroatoms. The predicted molar refractivity (Wildman–Crippen MR) is 136 cm³/mol. The molecule has 0 unspecified atom stereocenters. The minimum absolute atomic E-state index is 0.138. The van der Waals surface area contributed by atoms with Crippen molar-refractivity contribution in [3.05, 3.63) is 25.3 Å². The Balaban J connectivity index is 1.64. The molecule has 4 nitrogen and oxygen atoms in total. The van der Waals surface area contributed by atoms with Crippen molar-refractivity contribution < 1.29 is 20.1 Å². The predicted octanol–water partition coefficient (Wildman–Crippen LogP) is 6.23. The Bertz CT molecular complexity index is 793. The van der Waals surface area contributed by atoms with Gasteiger partial charge in [0.1, 0.15) is 0 Å². The van der Waals surface area contributed by atoms with Crippen molar-refractivity contribution in [3.8, 4) is 0 Å². The average molecular weight is 473 g/mol. The zero-order chi connectivity index (χ0) is 24.9. The van der Waals surface area contributed by atoms with Crippen LogP contribution in [-0.2, 0) is 4.79 Å². The monoisotopic (exact) mass is 472 g/mol. The Morgan fingerprint density at radius 2 is 1.74 bits per heavy atom. The summed E-state index contributed by atoms with van der Waals surface area (Å²) < 4.78 is 0. The van der Waals surface area contributed by atoms with Gasteiger partial charge in [-0.3, -0.25) is 4.79 Å². The molecule has 34 heavy (non-hydrogen) atoms. The van der Waals surface area contributed by atoms with Crippen LogP contribution < -0.4 is 0 Å². The molecule has 0 heterocycles. The largest absolute Gasteiger partial charge is 0.481 e. The molecular formula is C30H48O4. The summed E-state index contributed by atoms with van der Waals surface area (Å²) in [7, 11) is 0. The summed E-state index contributed by atoms with van der Waals surface area (Å²) in [6.45, 7) is 15.1. The third-order valence-corrected chi connectivity index (χ3v) is 11.6. The van der Waals surface area contributed by atoms with E-state index in [1.165, 1.54) is 6.42 Å². The molecule has 0 aliphatic heterocycles. The number of hydrogen-bond acceptors (Lipinski definition) is 3. The van der Waals surface area contributed by atoms with Gasteiger partial charge < -0.3 is 15.3 Å². The van der Waals surface area contributed by atoms with Crippen molar-refractivity contribution in [2.75, 3.05) is 0 Å².